The summed E-state index contributed by atoms with van der Waals surface area (Å²) in [5.74, 6) is 0.528. The molecule has 0 atom stereocenters. The van der Waals surface area contributed by atoms with Crippen molar-refractivity contribution in [1.29, 1.82) is 0 Å². The molecule has 0 unspecified atom stereocenters. The SMILES string of the molecule is C=NC(=NC)C(C)=C(N)/C=C/ONCC. The van der Waals surface area contributed by atoms with Gasteiger partial charge in [0.25, 0.3) is 0 Å². The molecule has 3 N–H and O–H groups in total. The molecule has 5 nitrogen and oxygen atoms in total. The predicted molar refractivity (Wildman–Crippen MR) is 63.7 cm³/mol. The van der Waals surface area contributed by atoms with Crippen LogP contribution in [0.2, 0.25) is 0 Å². The maximum Gasteiger partial charge on any atom is 0.151 e. The lowest BCUT2D eigenvalue weighted by Crippen LogP contribution is -2.10. The van der Waals surface area contributed by atoms with Gasteiger partial charge < -0.3 is 10.6 Å². The quantitative estimate of drug-likeness (QED) is 0.178. The number of hydroxylamine groups is 1. The fraction of sp³-hybridized carbons (Fsp3) is 0.400. The van der Waals surface area contributed by atoms with Gasteiger partial charge in [0.15, 0.2) is 5.84 Å². The maximum atomic E-state index is 5.77. The Balaban J connectivity index is 4.50. The first-order valence-corrected chi connectivity index (χ1v) is 4.62. The largest absolute Gasteiger partial charge is 0.416 e. The van der Waals surface area contributed by atoms with Crippen LogP contribution in [0.5, 0.6) is 0 Å². The molecule has 15 heavy (non-hydrogen) atoms. The van der Waals surface area contributed by atoms with Gasteiger partial charge in [0, 0.05) is 24.9 Å². The van der Waals surface area contributed by atoms with Gasteiger partial charge >= 0.3 is 0 Å². The zero-order chi connectivity index (χ0) is 11.7. The van der Waals surface area contributed by atoms with E-state index in [1.54, 1.807) is 13.1 Å². The number of amidine groups is 1. The minimum atomic E-state index is 0.528. The maximum absolute atomic E-state index is 5.77. The molecule has 0 radical (unpaired) electrons. The van der Waals surface area contributed by atoms with Crippen LogP contribution in [-0.2, 0) is 4.84 Å². The van der Waals surface area contributed by atoms with Crippen molar-refractivity contribution < 1.29 is 4.84 Å². The van der Waals surface area contributed by atoms with Crippen LogP contribution < -0.4 is 11.2 Å². The van der Waals surface area contributed by atoms with Crippen molar-refractivity contribution in [3.8, 4) is 0 Å². The van der Waals surface area contributed by atoms with Gasteiger partial charge in [0.2, 0.25) is 0 Å². The molecule has 0 rings (SSSR count). The number of rotatable bonds is 5. The van der Waals surface area contributed by atoms with Crippen LogP contribution in [0, 0.1) is 0 Å². The van der Waals surface area contributed by atoms with E-state index in [2.05, 4.69) is 22.2 Å². The molecule has 0 aliphatic carbocycles. The Hall–Kier alpha value is -1.62. The second kappa shape index (κ2) is 7.75. The standard InChI is InChI=1S/C10H18N4O/c1-5-14-15-7-6-9(11)8(2)10(12-3)13-4/h6-7,14H,3,5,11H2,1-2,4H3/b7-6+,9-8?,13-10?. The van der Waals surface area contributed by atoms with Gasteiger partial charge in [-0.15, -0.1) is 0 Å². The van der Waals surface area contributed by atoms with Crippen molar-refractivity contribution in [2.75, 3.05) is 13.6 Å². The van der Waals surface area contributed by atoms with E-state index in [0.29, 0.717) is 11.5 Å². The number of nitrogens with two attached hydrogens (primary N) is 1. The highest BCUT2D eigenvalue weighted by atomic mass is 16.6. The summed E-state index contributed by atoms with van der Waals surface area (Å²) >= 11 is 0. The van der Waals surface area contributed by atoms with Gasteiger partial charge in [0.05, 0.1) is 0 Å². The van der Waals surface area contributed by atoms with Crippen LogP contribution in [-0.4, -0.2) is 26.1 Å². The van der Waals surface area contributed by atoms with Crippen LogP contribution >= 0.6 is 0 Å². The summed E-state index contributed by atoms with van der Waals surface area (Å²) in [6.07, 6.45) is 3.10. The van der Waals surface area contributed by atoms with E-state index in [1.807, 2.05) is 13.8 Å². The average molecular weight is 210 g/mol. The molecule has 0 aromatic carbocycles. The molecule has 0 saturated carbocycles. The van der Waals surface area contributed by atoms with Gasteiger partial charge in [-0.3, -0.25) is 4.99 Å². The smallest absolute Gasteiger partial charge is 0.151 e. The zero-order valence-electron chi connectivity index (χ0n) is 9.45. The molecule has 0 heterocycles. The Morgan fingerprint density at radius 1 is 1.60 bits per heavy atom. The van der Waals surface area contributed by atoms with Crippen molar-refractivity contribution in [3.63, 3.8) is 0 Å². The molecule has 84 valence electrons. The molecule has 5 heteroatoms. The number of aliphatic imine (C=N–C) groups is 2. The van der Waals surface area contributed by atoms with Crippen LogP contribution in [0.4, 0.5) is 0 Å². The fourth-order valence-corrected chi connectivity index (χ4v) is 0.850. The Morgan fingerprint density at radius 2 is 2.27 bits per heavy atom. The molecule has 0 aliphatic rings. The summed E-state index contributed by atoms with van der Waals surface area (Å²) in [4.78, 5) is 12.6. The molecular formula is C10H18N4O. The second-order valence-corrected chi connectivity index (χ2v) is 2.70. The van der Waals surface area contributed by atoms with E-state index < -0.39 is 0 Å². The van der Waals surface area contributed by atoms with Crippen LogP contribution in [0.15, 0.2) is 33.6 Å². The summed E-state index contributed by atoms with van der Waals surface area (Å²) in [5, 5.41) is 0. The number of nitrogens with one attached hydrogen (secondary N) is 1. The molecule has 0 bridgehead atoms. The summed E-state index contributed by atoms with van der Waals surface area (Å²) in [6.45, 7) is 7.89. The Morgan fingerprint density at radius 3 is 2.73 bits per heavy atom. The minimum absolute atomic E-state index is 0.528. The Kier molecular flexibility index (Phi) is 6.92. The summed E-state index contributed by atoms with van der Waals surface area (Å²) in [7, 11) is 1.64. The number of allylic oxidation sites excluding steroid dienone is 1. The monoisotopic (exact) mass is 210 g/mol. The molecule has 0 saturated heterocycles. The molecule has 0 aromatic rings. The lowest BCUT2D eigenvalue weighted by atomic mass is 10.2. The first kappa shape index (κ1) is 13.4. The Bertz CT molecular complexity index is 292. The molecule has 0 aromatic heterocycles. The lowest BCUT2D eigenvalue weighted by Gasteiger charge is -2.02. The molecule has 0 aliphatic heterocycles. The van der Waals surface area contributed by atoms with Crippen molar-refractivity contribution in [2.24, 2.45) is 15.7 Å². The van der Waals surface area contributed by atoms with Crippen LogP contribution in [0.3, 0.4) is 0 Å². The van der Waals surface area contributed by atoms with Gasteiger partial charge in [-0.1, -0.05) is 0 Å². The third-order valence-corrected chi connectivity index (χ3v) is 1.67. The van der Waals surface area contributed by atoms with Gasteiger partial charge in [0.1, 0.15) is 6.26 Å². The summed E-state index contributed by atoms with van der Waals surface area (Å²) in [6, 6.07) is 0. The fourth-order valence-electron chi connectivity index (χ4n) is 0.850. The van der Waals surface area contributed by atoms with E-state index in [0.717, 1.165) is 12.1 Å². The van der Waals surface area contributed by atoms with Crippen LogP contribution in [0.1, 0.15) is 13.8 Å². The third-order valence-electron chi connectivity index (χ3n) is 1.67. The van der Waals surface area contributed by atoms with Gasteiger partial charge in [-0.05, 0) is 26.6 Å². The molecule has 0 spiro atoms. The summed E-state index contributed by atoms with van der Waals surface area (Å²) in [5.41, 5.74) is 9.75. The van der Waals surface area contributed by atoms with Crippen LogP contribution in [0.25, 0.3) is 0 Å². The highest BCUT2D eigenvalue weighted by Crippen LogP contribution is 2.03. The Labute approximate surface area is 90.4 Å². The van der Waals surface area contributed by atoms with E-state index in [4.69, 9.17) is 10.6 Å². The lowest BCUT2D eigenvalue weighted by molar-refractivity contribution is 0.140. The predicted octanol–water partition coefficient (Wildman–Crippen LogP) is 1.00. The normalized spacial score (nSPS) is 13.9. The second-order valence-electron chi connectivity index (χ2n) is 2.70. The van der Waals surface area contributed by atoms with E-state index in [1.165, 1.54) is 6.26 Å². The number of hydrogen-bond acceptors (Lipinski definition) is 4. The third kappa shape index (κ3) is 4.97. The van der Waals surface area contributed by atoms with Crippen molar-refractivity contribution in [2.45, 2.75) is 13.8 Å². The first-order chi connectivity index (χ1) is 7.17. The topological polar surface area (TPSA) is 72.0 Å². The van der Waals surface area contributed by atoms with Crippen molar-refractivity contribution >= 4 is 12.6 Å². The summed E-state index contributed by atoms with van der Waals surface area (Å²) < 4.78 is 0. The van der Waals surface area contributed by atoms with Crippen molar-refractivity contribution in [3.05, 3.63) is 23.6 Å². The molecular weight excluding hydrogens is 192 g/mol. The molecule has 0 fully saturated rings. The average Bonchev–Trinajstić information content (AvgIpc) is 2.25. The zero-order valence-corrected chi connectivity index (χ0v) is 9.45. The number of nitrogens with zero attached hydrogens (tertiary/aromatic N) is 2. The van der Waals surface area contributed by atoms with Crippen molar-refractivity contribution in [1.82, 2.24) is 5.48 Å². The van der Waals surface area contributed by atoms with E-state index in [9.17, 15) is 0 Å². The van der Waals surface area contributed by atoms with Gasteiger partial charge in [-0.2, -0.15) is 5.48 Å². The van der Waals surface area contributed by atoms with E-state index in [-0.39, 0.29) is 0 Å². The minimum Gasteiger partial charge on any atom is -0.416 e. The first-order valence-electron chi connectivity index (χ1n) is 4.62. The van der Waals surface area contributed by atoms with Gasteiger partial charge in [-0.25, -0.2) is 4.99 Å². The molecule has 0 amide bonds. The number of hydrogen-bond donors (Lipinski definition) is 2. The highest BCUT2D eigenvalue weighted by molar-refractivity contribution is 6.01. The van der Waals surface area contributed by atoms with E-state index >= 15 is 0 Å². The highest BCUT2D eigenvalue weighted by Gasteiger charge is 2.00.